The highest BCUT2D eigenvalue weighted by Crippen LogP contribution is 2.39. The Morgan fingerprint density at radius 1 is 1.17 bits per heavy atom. The van der Waals surface area contributed by atoms with Gasteiger partial charge >= 0.3 is 0 Å². The lowest BCUT2D eigenvalue weighted by Crippen LogP contribution is -2.31. The van der Waals surface area contributed by atoms with Crippen LogP contribution in [0.5, 0.6) is 5.75 Å². The molecule has 8 heteroatoms. The molecule has 2 unspecified atom stereocenters. The van der Waals surface area contributed by atoms with E-state index in [2.05, 4.69) is 27.4 Å². The summed E-state index contributed by atoms with van der Waals surface area (Å²) in [5.41, 5.74) is 2.95. The zero-order valence-corrected chi connectivity index (χ0v) is 16.9. The molecule has 2 aliphatic rings. The summed E-state index contributed by atoms with van der Waals surface area (Å²) in [7, 11) is 1.92. The van der Waals surface area contributed by atoms with Crippen molar-refractivity contribution in [1.29, 1.82) is 0 Å². The van der Waals surface area contributed by atoms with Gasteiger partial charge in [0.25, 0.3) is 5.91 Å². The average molecular weight is 405 g/mol. The number of nitrogens with one attached hydrogen (secondary N) is 1. The molecule has 2 aromatic carbocycles. The second kappa shape index (κ2) is 6.84. The molecule has 30 heavy (non-hydrogen) atoms. The van der Waals surface area contributed by atoms with E-state index < -0.39 is 0 Å². The average Bonchev–Trinajstić information content (AvgIpc) is 3.01. The molecular weight excluding hydrogens is 382 g/mol. The molecule has 5 rings (SSSR count). The molecule has 2 amide bonds. The highest BCUT2D eigenvalue weighted by Gasteiger charge is 2.56. The van der Waals surface area contributed by atoms with Crippen molar-refractivity contribution in [1.82, 2.24) is 19.6 Å². The Hall–Kier alpha value is -3.39. The number of fused-ring (bicyclic) bond motifs is 2. The number of likely N-dealkylation sites (tertiary alicyclic amines) is 1. The fourth-order valence-electron chi connectivity index (χ4n) is 4.47. The summed E-state index contributed by atoms with van der Waals surface area (Å²) >= 11 is 0. The smallest absolute Gasteiger partial charge is 0.258 e. The normalized spacial score (nSPS) is 20.4. The second-order valence-corrected chi connectivity index (χ2v) is 8.15. The topological polar surface area (TPSA) is 90.5 Å². The van der Waals surface area contributed by atoms with Crippen LogP contribution in [0.4, 0.5) is 5.69 Å². The van der Waals surface area contributed by atoms with Gasteiger partial charge < -0.3 is 15.3 Å². The highest BCUT2D eigenvalue weighted by molar-refractivity contribution is 6.01. The van der Waals surface area contributed by atoms with Gasteiger partial charge in [0.05, 0.1) is 23.2 Å². The summed E-state index contributed by atoms with van der Waals surface area (Å²) in [4.78, 5) is 28.4. The van der Waals surface area contributed by atoms with Crippen molar-refractivity contribution in [2.75, 3.05) is 18.4 Å². The van der Waals surface area contributed by atoms with E-state index in [4.69, 9.17) is 0 Å². The Morgan fingerprint density at radius 2 is 1.93 bits per heavy atom. The number of amides is 2. The molecule has 0 saturated carbocycles. The fraction of sp³-hybridized carbons (Fsp3) is 0.318. The molecule has 1 aromatic heterocycles. The van der Waals surface area contributed by atoms with E-state index >= 15 is 0 Å². The van der Waals surface area contributed by atoms with Crippen LogP contribution < -0.4 is 5.32 Å². The summed E-state index contributed by atoms with van der Waals surface area (Å²) in [6.07, 6.45) is 2.02. The van der Waals surface area contributed by atoms with Gasteiger partial charge in [-0.2, -0.15) is 5.10 Å². The quantitative estimate of drug-likeness (QED) is 0.511. The third-order valence-corrected chi connectivity index (χ3v) is 5.83. The first-order valence-electron chi connectivity index (χ1n) is 9.97. The minimum Gasteiger partial charge on any atom is -0.507 e. The number of carbonyl (C=O) groups excluding carboxylic acids is 2. The molecule has 3 heterocycles. The summed E-state index contributed by atoms with van der Waals surface area (Å²) in [6, 6.07) is 11.2. The number of phenols is 1. The van der Waals surface area contributed by atoms with Crippen molar-refractivity contribution in [2.24, 2.45) is 7.05 Å². The van der Waals surface area contributed by atoms with Gasteiger partial charge in [-0.05, 0) is 35.9 Å². The molecule has 154 valence electrons. The summed E-state index contributed by atoms with van der Waals surface area (Å²) < 4.78 is 1.82. The standard InChI is InChI=1S/C22H23N5O3/c1-13(28)23-16-4-6-21(29)17(8-16)22(30)27-19-11-26(12-20(19)27)9-14-3-5-18-15(7-14)10-25(2)24-18/h3-8,10,19-20,29H,9,11-12H2,1-2H3,(H,23,28). The van der Waals surface area contributed by atoms with Crippen molar-refractivity contribution < 1.29 is 14.7 Å². The van der Waals surface area contributed by atoms with Crippen LogP contribution in [0.15, 0.2) is 42.6 Å². The molecule has 0 radical (unpaired) electrons. The van der Waals surface area contributed by atoms with Crippen LogP contribution in [-0.2, 0) is 18.4 Å². The predicted molar refractivity (Wildman–Crippen MR) is 112 cm³/mol. The zero-order valence-electron chi connectivity index (χ0n) is 16.9. The first-order chi connectivity index (χ1) is 14.4. The van der Waals surface area contributed by atoms with Gasteiger partial charge in [0.2, 0.25) is 5.91 Å². The lowest BCUT2D eigenvalue weighted by molar-refractivity contribution is -0.114. The van der Waals surface area contributed by atoms with E-state index in [-0.39, 0.29) is 35.2 Å². The molecule has 2 N–H and O–H groups in total. The Labute approximate surface area is 173 Å². The third kappa shape index (κ3) is 3.29. The maximum absolute atomic E-state index is 12.9. The Balaban J connectivity index is 1.24. The van der Waals surface area contributed by atoms with Crippen LogP contribution in [0.25, 0.3) is 10.9 Å². The minimum absolute atomic E-state index is 0.0688. The summed E-state index contributed by atoms with van der Waals surface area (Å²) in [5, 5.41) is 18.3. The van der Waals surface area contributed by atoms with E-state index in [1.165, 1.54) is 24.6 Å². The number of aromatic nitrogens is 2. The lowest BCUT2D eigenvalue weighted by atomic mass is 10.1. The van der Waals surface area contributed by atoms with Crippen LogP contribution in [0, 0.1) is 0 Å². The van der Waals surface area contributed by atoms with Crippen molar-refractivity contribution in [3.63, 3.8) is 0 Å². The van der Waals surface area contributed by atoms with Gasteiger partial charge in [0.15, 0.2) is 0 Å². The Morgan fingerprint density at radius 3 is 2.67 bits per heavy atom. The number of nitrogens with zero attached hydrogens (tertiary/aromatic N) is 4. The molecule has 2 fully saturated rings. The van der Waals surface area contributed by atoms with E-state index in [1.807, 2.05) is 28.9 Å². The van der Waals surface area contributed by atoms with Gasteiger partial charge in [0, 0.05) is 50.9 Å². The van der Waals surface area contributed by atoms with E-state index in [0.717, 1.165) is 30.5 Å². The molecule has 0 aliphatic carbocycles. The first-order valence-corrected chi connectivity index (χ1v) is 9.97. The summed E-state index contributed by atoms with van der Waals surface area (Å²) in [5.74, 6) is -0.477. The maximum Gasteiger partial charge on any atom is 0.258 e. The molecule has 8 nitrogen and oxygen atoms in total. The van der Waals surface area contributed by atoms with Crippen molar-refractivity contribution in [2.45, 2.75) is 25.6 Å². The minimum atomic E-state index is -0.220. The number of anilines is 1. The van der Waals surface area contributed by atoms with Crippen LogP contribution in [0.3, 0.4) is 0 Å². The van der Waals surface area contributed by atoms with E-state index in [1.54, 1.807) is 6.07 Å². The second-order valence-electron chi connectivity index (χ2n) is 8.15. The number of rotatable bonds is 4. The molecule has 2 aliphatic heterocycles. The van der Waals surface area contributed by atoms with Crippen LogP contribution in [0.2, 0.25) is 0 Å². The molecule has 2 saturated heterocycles. The maximum atomic E-state index is 12.9. The molecule has 2 atom stereocenters. The Kier molecular flexibility index (Phi) is 4.25. The van der Waals surface area contributed by atoms with Crippen LogP contribution in [-0.4, -0.2) is 61.7 Å². The monoisotopic (exact) mass is 405 g/mol. The van der Waals surface area contributed by atoms with Crippen LogP contribution in [0.1, 0.15) is 22.8 Å². The van der Waals surface area contributed by atoms with Crippen molar-refractivity contribution in [3.8, 4) is 5.75 Å². The molecule has 0 bridgehead atoms. The summed E-state index contributed by atoms with van der Waals surface area (Å²) in [6.45, 7) is 3.87. The number of hydrogen-bond acceptors (Lipinski definition) is 5. The van der Waals surface area contributed by atoms with Gasteiger partial charge in [-0.25, -0.2) is 0 Å². The van der Waals surface area contributed by atoms with E-state index in [0.29, 0.717) is 5.69 Å². The largest absolute Gasteiger partial charge is 0.507 e. The molecule has 3 aromatic rings. The van der Waals surface area contributed by atoms with Gasteiger partial charge in [0.1, 0.15) is 5.75 Å². The van der Waals surface area contributed by atoms with Crippen molar-refractivity contribution >= 4 is 28.4 Å². The van der Waals surface area contributed by atoms with Crippen LogP contribution >= 0.6 is 0 Å². The SMILES string of the molecule is CC(=O)Nc1ccc(O)c(C(=O)N2C3CN(Cc4ccc5nn(C)cc5c4)CC32)c1. The predicted octanol–water partition coefficient (Wildman–Crippen LogP) is 1.95. The first kappa shape index (κ1) is 18.6. The third-order valence-electron chi connectivity index (χ3n) is 5.83. The zero-order chi connectivity index (χ0) is 21.0. The number of aryl methyl sites for hydroxylation is 1. The number of benzene rings is 2. The van der Waals surface area contributed by atoms with Crippen molar-refractivity contribution in [3.05, 3.63) is 53.7 Å². The number of aromatic hydroxyl groups is 1. The van der Waals surface area contributed by atoms with Gasteiger partial charge in [-0.3, -0.25) is 19.2 Å². The highest BCUT2D eigenvalue weighted by atomic mass is 16.3. The van der Waals surface area contributed by atoms with Gasteiger partial charge in [-0.1, -0.05) is 6.07 Å². The fourth-order valence-corrected chi connectivity index (χ4v) is 4.47. The lowest BCUT2D eigenvalue weighted by Gasteiger charge is -2.21. The Bertz CT molecular complexity index is 1160. The van der Waals surface area contributed by atoms with Gasteiger partial charge in [-0.15, -0.1) is 0 Å². The number of phenolic OH excluding ortho intramolecular Hbond substituents is 1. The van der Waals surface area contributed by atoms with E-state index in [9.17, 15) is 14.7 Å². The molecule has 0 spiro atoms. The number of carbonyl (C=O) groups is 2. The molecular formula is C22H23N5O3. The number of hydrogen-bond donors (Lipinski definition) is 2. The number of piperazine rings is 1.